The monoisotopic (exact) mass is 205 g/mol. The van der Waals surface area contributed by atoms with Gasteiger partial charge in [-0.25, -0.2) is 9.78 Å². The lowest BCUT2D eigenvalue weighted by atomic mass is 10.3. The molecule has 0 aliphatic carbocycles. The smallest absolute Gasteiger partial charge is 0.372 e. The van der Waals surface area contributed by atoms with E-state index in [1.54, 1.807) is 23.0 Å². The van der Waals surface area contributed by atoms with Crippen molar-refractivity contribution in [2.24, 2.45) is 0 Å². The maximum atomic E-state index is 11.0. The van der Waals surface area contributed by atoms with Gasteiger partial charge in [0.1, 0.15) is 0 Å². The number of fused-ring (bicyclic) bond motifs is 1. The molecule has 0 atom stereocenters. The van der Waals surface area contributed by atoms with Crippen LogP contribution in [0.2, 0.25) is 0 Å². The van der Waals surface area contributed by atoms with Crippen molar-refractivity contribution in [1.82, 2.24) is 14.5 Å². The number of nitrogens with zero attached hydrogens (tertiary/aromatic N) is 3. The highest BCUT2D eigenvalue weighted by Gasteiger charge is 2.18. The summed E-state index contributed by atoms with van der Waals surface area (Å²) >= 11 is 0. The van der Waals surface area contributed by atoms with Crippen molar-refractivity contribution in [2.45, 2.75) is 19.9 Å². The molecule has 5 heteroatoms. The molecule has 0 aromatic carbocycles. The van der Waals surface area contributed by atoms with Crippen LogP contribution in [0, 0.1) is 0 Å². The molecule has 0 saturated heterocycles. The topological polar surface area (TPSA) is 68.0 Å². The fraction of sp³-hybridized carbons (Fsp3) is 0.300. The van der Waals surface area contributed by atoms with Crippen molar-refractivity contribution in [3.8, 4) is 0 Å². The van der Waals surface area contributed by atoms with Crippen molar-refractivity contribution in [2.75, 3.05) is 0 Å². The van der Waals surface area contributed by atoms with Crippen molar-refractivity contribution < 1.29 is 9.90 Å². The molecule has 0 unspecified atom stereocenters. The van der Waals surface area contributed by atoms with E-state index in [0.717, 1.165) is 5.52 Å². The van der Waals surface area contributed by atoms with Crippen LogP contribution in [0.25, 0.3) is 11.0 Å². The van der Waals surface area contributed by atoms with Gasteiger partial charge in [-0.3, -0.25) is 4.98 Å². The predicted octanol–water partition coefficient (Wildman–Crippen LogP) is 1.71. The Morgan fingerprint density at radius 1 is 1.53 bits per heavy atom. The van der Waals surface area contributed by atoms with Gasteiger partial charge in [0.05, 0.1) is 17.2 Å². The number of imidazole rings is 1. The Hall–Kier alpha value is -1.91. The molecule has 0 fully saturated rings. The van der Waals surface area contributed by atoms with Crippen molar-refractivity contribution >= 4 is 17.0 Å². The summed E-state index contributed by atoms with van der Waals surface area (Å²) < 4.78 is 1.67. The summed E-state index contributed by atoms with van der Waals surface area (Å²) in [4.78, 5) is 19.0. The van der Waals surface area contributed by atoms with E-state index in [-0.39, 0.29) is 11.9 Å². The van der Waals surface area contributed by atoms with Gasteiger partial charge in [-0.2, -0.15) is 0 Å². The first kappa shape index (κ1) is 9.64. The third kappa shape index (κ3) is 1.45. The molecule has 78 valence electrons. The minimum absolute atomic E-state index is 0.0466. The Labute approximate surface area is 86.4 Å². The molecule has 0 amide bonds. The van der Waals surface area contributed by atoms with E-state index in [2.05, 4.69) is 9.97 Å². The Kier molecular flexibility index (Phi) is 2.15. The van der Waals surface area contributed by atoms with Crippen LogP contribution in [0.1, 0.15) is 30.5 Å². The molecular formula is C10H11N3O2. The maximum Gasteiger partial charge on any atom is 0.372 e. The number of aromatic nitrogens is 3. The summed E-state index contributed by atoms with van der Waals surface area (Å²) in [5, 5.41) is 9.01. The van der Waals surface area contributed by atoms with Crippen LogP contribution in [0.15, 0.2) is 18.5 Å². The average molecular weight is 205 g/mol. The lowest BCUT2D eigenvalue weighted by Gasteiger charge is -2.09. The molecule has 2 heterocycles. The highest BCUT2D eigenvalue weighted by Crippen LogP contribution is 2.19. The highest BCUT2D eigenvalue weighted by molar-refractivity contribution is 5.89. The van der Waals surface area contributed by atoms with Gasteiger partial charge in [-0.05, 0) is 19.9 Å². The van der Waals surface area contributed by atoms with Crippen LogP contribution in [0.4, 0.5) is 0 Å². The van der Waals surface area contributed by atoms with Crippen molar-refractivity contribution in [3.63, 3.8) is 0 Å². The molecule has 0 aliphatic rings. The van der Waals surface area contributed by atoms with E-state index in [1.165, 1.54) is 0 Å². The second-order valence-corrected chi connectivity index (χ2v) is 3.57. The fourth-order valence-electron chi connectivity index (χ4n) is 1.61. The van der Waals surface area contributed by atoms with E-state index >= 15 is 0 Å². The highest BCUT2D eigenvalue weighted by atomic mass is 16.4. The van der Waals surface area contributed by atoms with Gasteiger partial charge in [0.25, 0.3) is 0 Å². The number of aromatic carboxylic acids is 1. The molecule has 0 aliphatic heterocycles. The molecule has 1 N–H and O–H groups in total. The summed E-state index contributed by atoms with van der Waals surface area (Å²) in [5.74, 6) is -0.951. The quantitative estimate of drug-likeness (QED) is 0.810. The normalized spacial score (nSPS) is 11.1. The second-order valence-electron chi connectivity index (χ2n) is 3.57. The van der Waals surface area contributed by atoms with Gasteiger partial charge in [0.15, 0.2) is 0 Å². The first-order valence-corrected chi connectivity index (χ1v) is 4.66. The second kappa shape index (κ2) is 3.34. The van der Waals surface area contributed by atoms with Gasteiger partial charge in [-0.15, -0.1) is 0 Å². The maximum absolute atomic E-state index is 11.0. The Morgan fingerprint density at radius 3 is 2.87 bits per heavy atom. The number of carboxylic acids is 1. The van der Waals surface area contributed by atoms with E-state index in [1.807, 2.05) is 13.8 Å². The molecule has 0 radical (unpaired) electrons. The van der Waals surface area contributed by atoms with E-state index in [0.29, 0.717) is 5.52 Å². The number of pyridine rings is 1. The van der Waals surface area contributed by atoms with Crippen LogP contribution in [0.3, 0.4) is 0 Å². The van der Waals surface area contributed by atoms with Gasteiger partial charge in [0.2, 0.25) is 5.82 Å². The SMILES string of the molecule is CC(C)n1c(C(=O)O)nc2ccncc21. The van der Waals surface area contributed by atoms with Gasteiger partial charge < -0.3 is 9.67 Å². The zero-order valence-electron chi connectivity index (χ0n) is 8.51. The molecule has 0 saturated carbocycles. The summed E-state index contributed by atoms with van der Waals surface area (Å²) in [6.07, 6.45) is 3.24. The van der Waals surface area contributed by atoms with Crippen LogP contribution in [-0.4, -0.2) is 25.6 Å². The molecule has 2 rings (SSSR count). The van der Waals surface area contributed by atoms with Crippen LogP contribution in [0.5, 0.6) is 0 Å². The third-order valence-electron chi connectivity index (χ3n) is 2.20. The summed E-state index contributed by atoms with van der Waals surface area (Å²) in [7, 11) is 0. The summed E-state index contributed by atoms with van der Waals surface area (Å²) in [6.45, 7) is 3.83. The van der Waals surface area contributed by atoms with Crippen molar-refractivity contribution in [1.29, 1.82) is 0 Å². The Morgan fingerprint density at radius 2 is 2.27 bits per heavy atom. The summed E-state index contributed by atoms with van der Waals surface area (Å²) in [6, 6.07) is 1.76. The molecule has 0 bridgehead atoms. The number of hydrogen-bond acceptors (Lipinski definition) is 3. The minimum atomic E-state index is -1.01. The summed E-state index contributed by atoms with van der Waals surface area (Å²) in [5.41, 5.74) is 1.42. The fourth-order valence-corrected chi connectivity index (χ4v) is 1.61. The van der Waals surface area contributed by atoms with Crippen LogP contribution in [-0.2, 0) is 0 Å². The van der Waals surface area contributed by atoms with Gasteiger partial charge in [0, 0.05) is 12.2 Å². The third-order valence-corrected chi connectivity index (χ3v) is 2.20. The van der Waals surface area contributed by atoms with E-state index in [9.17, 15) is 4.79 Å². The van der Waals surface area contributed by atoms with Crippen LogP contribution >= 0.6 is 0 Å². The lowest BCUT2D eigenvalue weighted by molar-refractivity contribution is 0.0677. The number of hydrogen-bond donors (Lipinski definition) is 1. The molecule has 0 spiro atoms. The molecule has 2 aromatic rings. The number of carbonyl (C=O) groups is 1. The number of rotatable bonds is 2. The van der Waals surface area contributed by atoms with Gasteiger partial charge >= 0.3 is 5.97 Å². The lowest BCUT2D eigenvalue weighted by Crippen LogP contribution is -2.11. The Bertz CT molecular complexity index is 516. The minimum Gasteiger partial charge on any atom is -0.475 e. The zero-order chi connectivity index (χ0) is 11.0. The van der Waals surface area contributed by atoms with E-state index < -0.39 is 5.97 Å². The molecule has 5 nitrogen and oxygen atoms in total. The molecule has 15 heavy (non-hydrogen) atoms. The molecule has 2 aromatic heterocycles. The first-order chi connectivity index (χ1) is 7.11. The first-order valence-electron chi connectivity index (χ1n) is 4.66. The van der Waals surface area contributed by atoms with Gasteiger partial charge in [-0.1, -0.05) is 0 Å². The largest absolute Gasteiger partial charge is 0.475 e. The predicted molar refractivity (Wildman–Crippen MR) is 54.9 cm³/mol. The van der Waals surface area contributed by atoms with E-state index in [4.69, 9.17) is 5.11 Å². The van der Waals surface area contributed by atoms with Crippen LogP contribution < -0.4 is 0 Å². The zero-order valence-corrected chi connectivity index (χ0v) is 8.51. The number of carboxylic acid groups (broad SMARTS) is 1. The standard InChI is InChI=1S/C10H11N3O2/c1-6(2)13-8-5-11-4-3-7(8)12-9(13)10(14)15/h3-6H,1-2H3,(H,14,15). The Balaban J connectivity index is 2.80. The molecular weight excluding hydrogens is 194 g/mol. The average Bonchev–Trinajstić information content (AvgIpc) is 2.56. The van der Waals surface area contributed by atoms with Crippen molar-refractivity contribution in [3.05, 3.63) is 24.3 Å².